The number of ether oxygens (including phenoxy) is 1. The normalized spacial score (nSPS) is 11.6. The van der Waals surface area contributed by atoms with Gasteiger partial charge in [-0.3, -0.25) is 0 Å². The maximum absolute atomic E-state index is 5.37. The minimum absolute atomic E-state index is 0.134. The van der Waals surface area contributed by atoms with Crippen molar-refractivity contribution in [3.8, 4) is 5.75 Å². The molecule has 0 saturated heterocycles. The Morgan fingerprint density at radius 1 is 1.04 bits per heavy atom. The van der Waals surface area contributed by atoms with Crippen LogP contribution in [0.1, 0.15) is 24.1 Å². The lowest BCUT2D eigenvalue weighted by Crippen LogP contribution is -2.12. The molecule has 0 bridgehead atoms. The van der Waals surface area contributed by atoms with Crippen molar-refractivity contribution < 1.29 is 4.74 Å². The largest absolute Gasteiger partial charge is 0.496 e. The first-order valence-corrected chi connectivity index (χ1v) is 8.63. The fourth-order valence-electron chi connectivity index (χ4n) is 2.71. The molecule has 0 spiro atoms. The van der Waals surface area contributed by atoms with E-state index in [1.165, 1.54) is 5.56 Å². The van der Waals surface area contributed by atoms with Gasteiger partial charge in [0.1, 0.15) is 5.75 Å². The molecule has 26 heavy (non-hydrogen) atoms. The lowest BCUT2D eigenvalue weighted by molar-refractivity contribution is 0.410. The Labute approximate surface area is 153 Å². The number of para-hydroxylation sites is 1. The SMILES string of the molecule is COc1ccccc1CCNc1nncc(NC(C)c2ccccc2)n1. The maximum atomic E-state index is 5.37. The van der Waals surface area contributed by atoms with Crippen LogP contribution in [0.5, 0.6) is 5.75 Å². The van der Waals surface area contributed by atoms with Crippen LogP contribution in [0.25, 0.3) is 0 Å². The lowest BCUT2D eigenvalue weighted by atomic mass is 10.1. The first kappa shape index (κ1) is 17.7. The highest BCUT2D eigenvalue weighted by molar-refractivity contribution is 5.40. The fourth-order valence-corrected chi connectivity index (χ4v) is 2.71. The average Bonchev–Trinajstić information content (AvgIpc) is 2.69. The highest BCUT2D eigenvalue weighted by Gasteiger charge is 2.07. The van der Waals surface area contributed by atoms with Gasteiger partial charge in [0, 0.05) is 12.6 Å². The summed E-state index contributed by atoms with van der Waals surface area (Å²) in [5.41, 5.74) is 2.33. The number of hydrogen-bond acceptors (Lipinski definition) is 6. The van der Waals surface area contributed by atoms with Gasteiger partial charge < -0.3 is 15.4 Å². The quantitative estimate of drug-likeness (QED) is 0.646. The molecule has 3 aromatic rings. The number of hydrogen-bond donors (Lipinski definition) is 2. The van der Waals surface area contributed by atoms with E-state index in [1.54, 1.807) is 13.3 Å². The van der Waals surface area contributed by atoms with Gasteiger partial charge in [0.2, 0.25) is 5.95 Å². The summed E-state index contributed by atoms with van der Waals surface area (Å²) in [4.78, 5) is 4.48. The van der Waals surface area contributed by atoms with E-state index in [0.29, 0.717) is 18.3 Å². The number of anilines is 2. The van der Waals surface area contributed by atoms with E-state index in [1.807, 2.05) is 36.4 Å². The van der Waals surface area contributed by atoms with Crippen molar-refractivity contribution in [3.63, 3.8) is 0 Å². The third kappa shape index (κ3) is 4.69. The molecule has 134 valence electrons. The summed E-state index contributed by atoms with van der Waals surface area (Å²) in [6, 6.07) is 18.3. The predicted molar refractivity (Wildman–Crippen MR) is 103 cm³/mol. The maximum Gasteiger partial charge on any atom is 0.244 e. The van der Waals surface area contributed by atoms with E-state index in [0.717, 1.165) is 17.7 Å². The van der Waals surface area contributed by atoms with Crippen LogP contribution in [-0.2, 0) is 6.42 Å². The van der Waals surface area contributed by atoms with Gasteiger partial charge in [-0.15, -0.1) is 5.10 Å². The predicted octanol–water partition coefficient (Wildman–Crippen LogP) is 3.71. The van der Waals surface area contributed by atoms with Gasteiger partial charge in [-0.05, 0) is 30.5 Å². The molecule has 2 aromatic carbocycles. The minimum Gasteiger partial charge on any atom is -0.496 e. The molecule has 2 N–H and O–H groups in total. The van der Waals surface area contributed by atoms with Crippen LogP contribution in [0.4, 0.5) is 11.8 Å². The summed E-state index contributed by atoms with van der Waals surface area (Å²) < 4.78 is 5.37. The third-order valence-electron chi connectivity index (χ3n) is 4.09. The smallest absolute Gasteiger partial charge is 0.244 e. The Hall–Kier alpha value is -3.15. The van der Waals surface area contributed by atoms with Crippen LogP contribution in [0.3, 0.4) is 0 Å². The lowest BCUT2D eigenvalue weighted by Gasteiger charge is -2.15. The van der Waals surface area contributed by atoms with Crippen molar-refractivity contribution in [2.75, 3.05) is 24.3 Å². The van der Waals surface area contributed by atoms with Gasteiger partial charge in [-0.2, -0.15) is 10.1 Å². The Bertz CT molecular complexity index is 825. The van der Waals surface area contributed by atoms with Crippen molar-refractivity contribution in [1.82, 2.24) is 15.2 Å². The number of benzene rings is 2. The fraction of sp³-hybridized carbons (Fsp3) is 0.250. The zero-order valence-electron chi connectivity index (χ0n) is 15.0. The van der Waals surface area contributed by atoms with Gasteiger partial charge in [0.05, 0.1) is 13.3 Å². The molecule has 0 fully saturated rings. The molecule has 1 atom stereocenters. The molecule has 0 saturated carbocycles. The van der Waals surface area contributed by atoms with Crippen molar-refractivity contribution in [1.29, 1.82) is 0 Å². The Morgan fingerprint density at radius 3 is 2.62 bits per heavy atom. The highest BCUT2D eigenvalue weighted by atomic mass is 16.5. The monoisotopic (exact) mass is 349 g/mol. The molecule has 0 aliphatic rings. The van der Waals surface area contributed by atoms with Crippen LogP contribution in [-0.4, -0.2) is 28.8 Å². The van der Waals surface area contributed by atoms with E-state index in [9.17, 15) is 0 Å². The average molecular weight is 349 g/mol. The van der Waals surface area contributed by atoms with Crippen molar-refractivity contribution in [3.05, 3.63) is 71.9 Å². The molecule has 6 heteroatoms. The molecule has 1 aromatic heterocycles. The zero-order valence-corrected chi connectivity index (χ0v) is 15.0. The third-order valence-corrected chi connectivity index (χ3v) is 4.09. The van der Waals surface area contributed by atoms with Crippen LogP contribution >= 0.6 is 0 Å². The first-order valence-electron chi connectivity index (χ1n) is 8.63. The number of nitrogens with zero attached hydrogens (tertiary/aromatic N) is 3. The van der Waals surface area contributed by atoms with Gasteiger partial charge in [0.25, 0.3) is 0 Å². The number of methoxy groups -OCH3 is 1. The minimum atomic E-state index is 0.134. The van der Waals surface area contributed by atoms with Gasteiger partial charge >= 0.3 is 0 Å². The second-order valence-corrected chi connectivity index (χ2v) is 5.93. The van der Waals surface area contributed by atoms with Crippen molar-refractivity contribution >= 4 is 11.8 Å². The summed E-state index contributed by atoms with van der Waals surface area (Å²) in [7, 11) is 1.68. The summed E-state index contributed by atoms with van der Waals surface area (Å²) >= 11 is 0. The molecular weight excluding hydrogens is 326 g/mol. The van der Waals surface area contributed by atoms with Gasteiger partial charge in [-0.25, -0.2) is 0 Å². The van der Waals surface area contributed by atoms with Crippen LogP contribution < -0.4 is 15.4 Å². The van der Waals surface area contributed by atoms with E-state index in [4.69, 9.17) is 4.74 Å². The molecule has 0 aliphatic heterocycles. The van der Waals surface area contributed by atoms with Gasteiger partial charge in [0.15, 0.2) is 5.82 Å². The molecule has 0 aliphatic carbocycles. The summed E-state index contributed by atoms with van der Waals surface area (Å²) in [5, 5.41) is 14.6. The summed E-state index contributed by atoms with van der Waals surface area (Å²) in [6.07, 6.45) is 2.44. The molecule has 1 unspecified atom stereocenters. The molecule has 1 heterocycles. The summed E-state index contributed by atoms with van der Waals surface area (Å²) in [6.45, 7) is 2.78. The van der Waals surface area contributed by atoms with E-state index >= 15 is 0 Å². The zero-order chi connectivity index (χ0) is 18.2. The highest BCUT2D eigenvalue weighted by Crippen LogP contribution is 2.19. The van der Waals surface area contributed by atoms with Gasteiger partial charge in [-0.1, -0.05) is 48.5 Å². The van der Waals surface area contributed by atoms with E-state index in [2.05, 4.69) is 50.9 Å². The molecule has 0 radical (unpaired) electrons. The molecule has 6 nitrogen and oxygen atoms in total. The molecular formula is C20H23N5O. The number of rotatable bonds is 8. The molecule has 3 rings (SSSR count). The topological polar surface area (TPSA) is 72.0 Å². The number of nitrogens with one attached hydrogen (secondary N) is 2. The van der Waals surface area contributed by atoms with Crippen LogP contribution in [0.2, 0.25) is 0 Å². The van der Waals surface area contributed by atoms with Crippen LogP contribution in [0, 0.1) is 0 Å². The standard InChI is InChI=1S/C20H23N5O/c1-15(16-8-4-3-5-9-16)23-19-14-22-25-20(24-19)21-13-12-17-10-6-7-11-18(17)26-2/h3-11,14-15H,12-13H2,1-2H3,(H2,21,23,24,25). The Morgan fingerprint density at radius 2 is 1.81 bits per heavy atom. The van der Waals surface area contributed by atoms with E-state index in [-0.39, 0.29) is 6.04 Å². The molecule has 0 amide bonds. The Balaban J connectivity index is 1.57. The van der Waals surface area contributed by atoms with Crippen molar-refractivity contribution in [2.24, 2.45) is 0 Å². The van der Waals surface area contributed by atoms with Crippen molar-refractivity contribution in [2.45, 2.75) is 19.4 Å². The number of aromatic nitrogens is 3. The summed E-state index contributed by atoms with van der Waals surface area (Å²) in [5.74, 6) is 2.08. The second-order valence-electron chi connectivity index (χ2n) is 5.93. The Kier molecular flexibility index (Phi) is 5.98. The first-order chi connectivity index (χ1) is 12.8. The second kappa shape index (κ2) is 8.80. The van der Waals surface area contributed by atoms with E-state index < -0.39 is 0 Å². The van der Waals surface area contributed by atoms with Crippen LogP contribution in [0.15, 0.2) is 60.8 Å².